The van der Waals surface area contributed by atoms with Gasteiger partial charge >= 0.3 is 12.1 Å². The molecule has 2 saturated heterocycles. The highest BCUT2D eigenvalue weighted by Gasteiger charge is 2.30. The van der Waals surface area contributed by atoms with E-state index in [-0.39, 0.29) is 23.8 Å². The van der Waals surface area contributed by atoms with Gasteiger partial charge in [0.1, 0.15) is 12.4 Å². The first-order chi connectivity index (χ1) is 18.5. The second-order valence-corrected chi connectivity index (χ2v) is 10.6. The normalized spacial score (nSPS) is 21.9. The number of aromatic hydroxyl groups is 1. The van der Waals surface area contributed by atoms with Crippen molar-refractivity contribution in [3.05, 3.63) is 53.2 Å². The molecule has 6 rings (SSSR count). The average Bonchev–Trinajstić information content (AvgIpc) is 3.36. The van der Waals surface area contributed by atoms with Crippen molar-refractivity contribution >= 4 is 16.9 Å². The Bertz CT molecular complexity index is 1330. The van der Waals surface area contributed by atoms with E-state index in [1.54, 1.807) is 11.0 Å². The van der Waals surface area contributed by atoms with Crippen molar-refractivity contribution in [2.75, 3.05) is 46.4 Å². The zero-order valence-corrected chi connectivity index (χ0v) is 21.9. The molecule has 2 aromatic carbocycles. The summed E-state index contributed by atoms with van der Waals surface area (Å²) in [5.41, 5.74) is 2.83. The first-order valence-electron chi connectivity index (χ1n) is 13.7. The summed E-state index contributed by atoms with van der Waals surface area (Å²) >= 11 is 0. The number of carbonyl (C=O) groups is 1. The lowest BCUT2D eigenvalue weighted by atomic mass is 9.81. The van der Waals surface area contributed by atoms with Crippen molar-refractivity contribution in [2.45, 2.75) is 44.1 Å². The Kier molecular flexibility index (Phi) is 7.04. The van der Waals surface area contributed by atoms with Crippen LogP contribution in [0.5, 0.6) is 17.6 Å². The fraction of sp³-hybridized carbons (Fsp3) is 0.483. The maximum Gasteiger partial charge on any atom is 0.416 e. The van der Waals surface area contributed by atoms with Crippen LogP contribution in [0.25, 0.3) is 10.8 Å². The molecule has 200 valence electrons. The number of likely N-dealkylation sites (tertiary alicyclic amines) is 1. The summed E-state index contributed by atoms with van der Waals surface area (Å²) in [7, 11) is 2.11. The zero-order valence-electron chi connectivity index (χ0n) is 21.9. The predicted molar refractivity (Wildman–Crippen MR) is 144 cm³/mol. The molecule has 0 saturated carbocycles. The van der Waals surface area contributed by atoms with Crippen molar-refractivity contribution in [3.8, 4) is 17.6 Å². The first-order valence-corrected chi connectivity index (χ1v) is 13.7. The van der Waals surface area contributed by atoms with Crippen LogP contribution >= 0.6 is 0 Å². The van der Waals surface area contributed by atoms with Crippen molar-refractivity contribution < 1.29 is 19.4 Å². The SMILES string of the molecule is CN1CCC[C@H]1COc1nc2c(c(OC(=O)N3CCNCC3)n1)CCC(c1cc(O)cc3ccccc13)C2. The standard InChI is InChI=1S/C29H35N5O4/c1-33-12-4-6-21(33)18-37-28-31-26-16-20(25-17-22(35)15-19-5-2-3-7-23(19)25)8-9-24(26)27(32-28)38-29(36)34-13-10-30-11-14-34/h2-3,5,7,15,17,20-21,30,35H,4,6,8-14,16,18H2,1H3/t20?,21-/m0/s1. The van der Waals surface area contributed by atoms with Gasteiger partial charge in [-0.05, 0) is 80.1 Å². The molecular weight excluding hydrogens is 482 g/mol. The van der Waals surface area contributed by atoms with E-state index in [1.807, 2.05) is 24.3 Å². The Balaban J connectivity index is 1.30. The first kappa shape index (κ1) is 24.9. The summed E-state index contributed by atoms with van der Waals surface area (Å²) in [5, 5.41) is 15.8. The zero-order chi connectivity index (χ0) is 26.1. The smallest absolute Gasteiger partial charge is 0.416 e. The number of amides is 1. The van der Waals surface area contributed by atoms with Crippen molar-refractivity contribution in [2.24, 2.45) is 0 Å². The second-order valence-electron chi connectivity index (χ2n) is 10.6. The van der Waals surface area contributed by atoms with Gasteiger partial charge in [-0.1, -0.05) is 24.3 Å². The number of hydrogen-bond acceptors (Lipinski definition) is 8. The van der Waals surface area contributed by atoms with Gasteiger partial charge in [0.05, 0.1) is 5.69 Å². The quantitative estimate of drug-likeness (QED) is 0.531. The van der Waals surface area contributed by atoms with Crippen LogP contribution in [0.4, 0.5) is 4.79 Å². The monoisotopic (exact) mass is 517 g/mol. The number of hydrogen-bond donors (Lipinski definition) is 2. The number of nitrogens with zero attached hydrogens (tertiary/aromatic N) is 4. The average molecular weight is 518 g/mol. The third kappa shape index (κ3) is 5.13. The second kappa shape index (κ2) is 10.7. The number of phenols is 1. The predicted octanol–water partition coefficient (Wildman–Crippen LogP) is 3.48. The number of carbonyl (C=O) groups excluding carboxylic acids is 1. The summed E-state index contributed by atoms with van der Waals surface area (Å²) in [6.45, 7) is 4.28. The van der Waals surface area contributed by atoms with Gasteiger partial charge in [-0.25, -0.2) is 4.79 Å². The molecule has 1 unspecified atom stereocenters. The summed E-state index contributed by atoms with van der Waals surface area (Å²) < 4.78 is 12.0. The van der Waals surface area contributed by atoms with Gasteiger partial charge in [-0.3, -0.25) is 0 Å². The summed E-state index contributed by atoms with van der Waals surface area (Å²) in [6.07, 6.45) is 4.04. The molecule has 9 heteroatoms. The van der Waals surface area contributed by atoms with Crippen molar-refractivity contribution in [3.63, 3.8) is 0 Å². The van der Waals surface area contributed by atoms with Gasteiger partial charge in [0.2, 0.25) is 5.88 Å². The molecule has 2 fully saturated rings. The maximum atomic E-state index is 13.0. The van der Waals surface area contributed by atoms with Gasteiger partial charge in [0.15, 0.2) is 0 Å². The minimum absolute atomic E-state index is 0.167. The third-order valence-electron chi connectivity index (χ3n) is 8.17. The van der Waals surface area contributed by atoms with Gasteiger partial charge in [0, 0.05) is 37.8 Å². The highest BCUT2D eigenvalue weighted by Crippen LogP contribution is 2.40. The van der Waals surface area contributed by atoms with Crippen molar-refractivity contribution in [1.29, 1.82) is 0 Å². The molecule has 1 amide bonds. The summed E-state index contributed by atoms with van der Waals surface area (Å²) in [6, 6.07) is 12.4. The molecule has 0 bridgehead atoms. The van der Waals surface area contributed by atoms with Gasteiger partial charge in [0.25, 0.3) is 0 Å². The molecule has 2 aliphatic heterocycles. The molecule has 1 aliphatic carbocycles. The number of ether oxygens (including phenoxy) is 2. The molecule has 3 aromatic rings. The number of piperazine rings is 1. The lowest BCUT2D eigenvalue weighted by Gasteiger charge is -2.29. The molecule has 1 aromatic heterocycles. The van der Waals surface area contributed by atoms with Crippen LogP contribution in [0.15, 0.2) is 36.4 Å². The Hall–Kier alpha value is -3.43. The minimum atomic E-state index is -0.380. The molecule has 2 N–H and O–H groups in total. The lowest BCUT2D eigenvalue weighted by molar-refractivity contribution is 0.142. The molecule has 38 heavy (non-hydrogen) atoms. The van der Waals surface area contributed by atoms with Crippen LogP contribution in [-0.2, 0) is 12.8 Å². The highest BCUT2D eigenvalue weighted by atomic mass is 16.6. The van der Waals surface area contributed by atoms with Crippen LogP contribution in [0.2, 0.25) is 0 Å². The lowest BCUT2D eigenvalue weighted by Crippen LogP contribution is -2.47. The van der Waals surface area contributed by atoms with Gasteiger partial charge in [-0.2, -0.15) is 9.97 Å². The number of fused-ring (bicyclic) bond motifs is 2. The topological polar surface area (TPSA) is 100 Å². The van der Waals surface area contributed by atoms with E-state index in [4.69, 9.17) is 14.5 Å². The Labute approximate surface area is 222 Å². The van der Waals surface area contributed by atoms with E-state index in [0.717, 1.165) is 66.5 Å². The van der Waals surface area contributed by atoms with E-state index in [1.165, 1.54) is 0 Å². The molecule has 9 nitrogen and oxygen atoms in total. The Morgan fingerprint density at radius 3 is 2.79 bits per heavy atom. The fourth-order valence-corrected chi connectivity index (χ4v) is 5.99. The van der Waals surface area contributed by atoms with Crippen LogP contribution in [0.1, 0.15) is 42.0 Å². The summed E-state index contributed by atoms with van der Waals surface area (Å²) in [5.74, 6) is 0.745. The molecule has 2 atom stereocenters. The van der Waals surface area contributed by atoms with Crippen LogP contribution in [0, 0.1) is 0 Å². The van der Waals surface area contributed by atoms with E-state index in [9.17, 15) is 9.90 Å². The van der Waals surface area contributed by atoms with Gasteiger partial charge in [-0.15, -0.1) is 0 Å². The van der Waals surface area contributed by atoms with E-state index >= 15 is 0 Å². The number of phenolic OH excluding ortho intramolecular Hbond substituents is 1. The largest absolute Gasteiger partial charge is 0.508 e. The Morgan fingerprint density at radius 1 is 1.13 bits per heavy atom. The molecule has 3 aliphatic rings. The number of benzene rings is 2. The summed E-state index contributed by atoms with van der Waals surface area (Å²) in [4.78, 5) is 26.4. The van der Waals surface area contributed by atoms with E-state index in [2.05, 4.69) is 28.3 Å². The van der Waals surface area contributed by atoms with Crippen LogP contribution in [0.3, 0.4) is 0 Å². The molecule has 0 radical (unpaired) electrons. The minimum Gasteiger partial charge on any atom is -0.508 e. The molecule has 3 heterocycles. The van der Waals surface area contributed by atoms with E-state index < -0.39 is 0 Å². The highest BCUT2D eigenvalue weighted by molar-refractivity contribution is 5.87. The van der Waals surface area contributed by atoms with Gasteiger partial charge < -0.3 is 29.7 Å². The number of rotatable bonds is 5. The molecule has 0 spiro atoms. The third-order valence-corrected chi connectivity index (χ3v) is 8.17. The van der Waals surface area contributed by atoms with E-state index in [0.29, 0.717) is 44.5 Å². The van der Waals surface area contributed by atoms with Crippen LogP contribution < -0.4 is 14.8 Å². The number of aromatic nitrogens is 2. The van der Waals surface area contributed by atoms with Crippen LogP contribution in [-0.4, -0.2) is 83.4 Å². The molecular formula is C29H35N5O4. The maximum absolute atomic E-state index is 13.0. The fourth-order valence-electron chi connectivity index (χ4n) is 5.99. The Morgan fingerprint density at radius 2 is 1.97 bits per heavy atom. The van der Waals surface area contributed by atoms with Crippen molar-refractivity contribution in [1.82, 2.24) is 25.1 Å². The number of likely N-dealkylation sites (N-methyl/N-ethyl adjacent to an activating group) is 1. The number of nitrogens with one attached hydrogen (secondary N) is 1.